The van der Waals surface area contributed by atoms with Gasteiger partial charge in [0.1, 0.15) is 22.5 Å². The zero-order valence-corrected chi connectivity index (χ0v) is 23.6. The summed E-state index contributed by atoms with van der Waals surface area (Å²) in [6.07, 6.45) is 3.98. The second-order valence-electron chi connectivity index (χ2n) is 10.6. The highest BCUT2D eigenvalue weighted by Crippen LogP contribution is 2.43. The molecule has 2 nitrogen and oxygen atoms in total. The fourth-order valence-corrected chi connectivity index (χ4v) is 7.48. The lowest BCUT2D eigenvalue weighted by Crippen LogP contribution is -1.91. The summed E-state index contributed by atoms with van der Waals surface area (Å²) in [6, 6.07) is 34.5. The predicted octanol–water partition coefficient (Wildman–Crippen LogP) is 11.6. The fourth-order valence-electron chi connectivity index (χ4n) is 6.34. The van der Waals surface area contributed by atoms with Gasteiger partial charge in [0.25, 0.3) is 0 Å². The third-order valence-electron chi connectivity index (χ3n) is 8.15. The molecule has 3 heterocycles. The smallest absolute Gasteiger partial charge is 0.135 e. The Kier molecular flexibility index (Phi) is 5.31. The third kappa shape index (κ3) is 3.63. The number of thiophene rings is 1. The van der Waals surface area contributed by atoms with Crippen LogP contribution in [0.1, 0.15) is 22.5 Å². The SMILES string of the molecule is C=C/C=C(/c1ccc2c(c1)sc1ccccc12)c1c(C)oc2cccc(-c3ccc4oc5cccc(C)c5c4c3)c12. The average molecular weight is 547 g/mol. The third-order valence-corrected chi connectivity index (χ3v) is 9.28. The van der Waals surface area contributed by atoms with Crippen LogP contribution in [0.3, 0.4) is 0 Å². The monoisotopic (exact) mass is 546 g/mol. The molecule has 0 spiro atoms. The summed E-state index contributed by atoms with van der Waals surface area (Å²) in [4.78, 5) is 0. The molecule has 5 aromatic carbocycles. The second-order valence-corrected chi connectivity index (χ2v) is 11.7. The summed E-state index contributed by atoms with van der Waals surface area (Å²) >= 11 is 1.83. The van der Waals surface area contributed by atoms with Gasteiger partial charge in [-0.2, -0.15) is 0 Å². The van der Waals surface area contributed by atoms with Crippen molar-refractivity contribution in [3.05, 3.63) is 138 Å². The number of aryl methyl sites for hydroxylation is 2. The van der Waals surface area contributed by atoms with Gasteiger partial charge in [-0.3, -0.25) is 0 Å². The molecule has 0 N–H and O–H groups in total. The van der Waals surface area contributed by atoms with Crippen LogP contribution in [0.25, 0.3) is 69.8 Å². The maximum Gasteiger partial charge on any atom is 0.135 e. The number of hydrogen-bond acceptors (Lipinski definition) is 3. The van der Waals surface area contributed by atoms with Crippen molar-refractivity contribution in [2.45, 2.75) is 13.8 Å². The van der Waals surface area contributed by atoms with E-state index in [1.165, 1.54) is 31.1 Å². The van der Waals surface area contributed by atoms with Crippen LogP contribution in [0, 0.1) is 13.8 Å². The van der Waals surface area contributed by atoms with Crippen LogP contribution < -0.4 is 0 Å². The molecule has 0 aliphatic heterocycles. The first-order valence-corrected chi connectivity index (χ1v) is 14.6. The lowest BCUT2D eigenvalue weighted by atomic mass is 9.90. The van der Waals surface area contributed by atoms with Gasteiger partial charge < -0.3 is 8.83 Å². The standard InChI is InChI=1S/C38H26O2S/c1-4-9-26(25-16-18-29-28-11-5-6-15-34(28)41-35(29)21-25)37-23(3)39-33-14-8-12-27(38(33)37)24-17-19-31-30(20-24)36-22(2)10-7-13-32(36)40-31/h4-21H,1H2,2-3H3/b26-9-. The van der Waals surface area contributed by atoms with Crippen LogP contribution in [0.15, 0.2) is 125 Å². The Morgan fingerprint density at radius 1 is 0.683 bits per heavy atom. The average Bonchev–Trinajstić information content (AvgIpc) is 3.65. The molecule has 3 aromatic heterocycles. The van der Waals surface area contributed by atoms with E-state index in [2.05, 4.69) is 111 Å². The Bertz CT molecular complexity index is 2360. The molecule has 0 aliphatic carbocycles. The van der Waals surface area contributed by atoms with E-state index < -0.39 is 0 Å². The molecule has 0 saturated carbocycles. The van der Waals surface area contributed by atoms with Gasteiger partial charge in [0.05, 0.1) is 0 Å². The molecular formula is C38H26O2S. The van der Waals surface area contributed by atoms with E-state index >= 15 is 0 Å². The molecule has 196 valence electrons. The van der Waals surface area contributed by atoms with Crippen LogP contribution in [-0.2, 0) is 0 Å². The Morgan fingerprint density at radius 2 is 1.49 bits per heavy atom. The van der Waals surface area contributed by atoms with Gasteiger partial charge in [-0.25, -0.2) is 0 Å². The highest BCUT2D eigenvalue weighted by Gasteiger charge is 2.21. The normalized spacial score (nSPS) is 12.4. The molecule has 8 rings (SSSR count). The van der Waals surface area contributed by atoms with Crippen molar-refractivity contribution in [3.8, 4) is 11.1 Å². The van der Waals surface area contributed by atoms with Gasteiger partial charge in [-0.05, 0) is 78.1 Å². The highest BCUT2D eigenvalue weighted by atomic mass is 32.1. The number of furan rings is 2. The zero-order valence-electron chi connectivity index (χ0n) is 22.8. The first-order chi connectivity index (χ1) is 20.1. The van der Waals surface area contributed by atoms with Gasteiger partial charge in [-0.15, -0.1) is 11.3 Å². The molecule has 0 aliphatic rings. The minimum Gasteiger partial charge on any atom is -0.461 e. The molecule has 0 atom stereocenters. The first kappa shape index (κ1) is 24.0. The number of rotatable bonds is 4. The molecule has 0 saturated heterocycles. The van der Waals surface area contributed by atoms with Gasteiger partial charge in [0, 0.05) is 41.9 Å². The van der Waals surface area contributed by atoms with Crippen LogP contribution in [-0.4, -0.2) is 0 Å². The second kappa shape index (κ2) is 9.09. The van der Waals surface area contributed by atoms with Crippen molar-refractivity contribution < 1.29 is 8.83 Å². The minimum atomic E-state index is 0.876. The van der Waals surface area contributed by atoms with Crippen LogP contribution in [0.4, 0.5) is 0 Å². The Morgan fingerprint density at radius 3 is 2.37 bits per heavy atom. The molecule has 0 bridgehead atoms. The zero-order chi connectivity index (χ0) is 27.7. The number of hydrogen-bond donors (Lipinski definition) is 0. The summed E-state index contributed by atoms with van der Waals surface area (Å²) < 4.78 is 15.2. The molecule has 41 heavy (non-hydrogen) atoms. The molecule has 3 heteroatoms. The summed E-state index contributed by atoms with van der Waals surface area (Å²) in [5, 5.41) is 6.00. The summed E-state index contributed by atoms with van der Waals surface area (Å²) in [6.45, 7) is 8.27. The van der Waals surface area contributed by atoms with Crippen molar-refractivity contribution in [2.24, 2.45) is 0 Å². The largest absolute Gasteiger partial charge is 0.461 e. The van der Waals surface area contributed by atoms with E-state index in [0.29, 0.717) is 0 Å². The minimum absolute atomic E-state index is 0.876. The van der Waals surface area contributed by atoms with Crippen LogP contribution in [0.5, 0.6) is 0 Å². The Balaban J connectivity index is 1.36. The van der Waals surface area contributed by atoms with E-state index in [1.807, 2.05) is 29.5 Å². The lowest BCUT2D eigenvalue weighted by Gasteiger charge is -2.11. The maximum atomic E-state index is 6.42. The fraction of sp³-hybridized carbons (Fsp3) is 0.0526. The first-order valence-electron chi connectivity index (χ1n) is 13.8. The van der Waals surface area contributed by atoms with E-state index in [1.54, 1.807) is 0 Å². The van der Waals surface area contributed by atoms with Gasteiger partial charge in [0.2, 0.25) is 0 Å². The van der Waals surface area contributed by atoms with E-state index in [9.17, 15) is 0 Å². The Labute approximate surface area is 241 Å². The predicted molar refractivity (Wildman–Crippen MR) is 175 cm³/mol. The van der Waals surface area contributed by atoms with Gasteiger partial charge >= 0.3 is 0 Å². The number of fused-ring (bicyclic) bond motifs is 7. The van der Waals surface area contributed by atoms with E-state index in [4.69, 9.17) is 8.83 Å². The van der Waals surface area contributed by atoms with Gasteiger partial charge in [0.15, 0.2) is 0 Å². The van der Waals surface area contributed by atoms with E-state index in [0.717, 1.165) is 61.1 Å². The molecule has 0 radical (unpaired) electrons. The van der Waals surface area contributed by atoms with Gasteiger partial charge in [-0.1, -0.05) is 79.4 Å². The quantitative estimate of drug-likeness (QED) is 0.205. The van der Waals surface area contributed by atoms with Crippen LogP contribution in [0.2, 0.25) is 0 Å². The summed E-state index contributed by atoms with van der Waals surface area (Å²) in [5.74, 6) is 0.891. The summed E-state index contributed by atoms with van der Waals surface area (Å²) in [5.41, 5.74) is 9.53. The van der Waals surface area contributed by atoms with E-state index in [-0.39, 0.29) is 0 Å². The maximum absolute atomic E-state index is 6.42. The lowest BCUT2D eigenvalue weighted by molar-refractivity contribution is 0.577. The number of benzene rings is 5. The molecular weight excluding hydrogens is 520 g/mol. The molecule has 0 unspecified atom stereocenters. The topological polar surface area (TPSA) is 26.3 Å². The molecule has 0 fully saturated rings. The van der Waals surface area contributed by atoms with Crippen molar-refractivity contribution >= 4 is 70.0 Å². The van der Waals surface area contributed by atoms with Crippen LogP contribution >= 0.6 is 11.3 Å². The van der Waals surface area contributed by atoms with Crippen molar-refractivity contribution in [2.75, 3.05) is 0 Å². The molecule has 8 aromatic rings. The molecule has 0 amide bonds. The Hall–Kier alpha value is -4.86. The number of allylic oxidation sites excluding steroid dienone is 2. The highest BCUT2D eigenvalue weighted by molar-refractivity contribution is 7.25. The summed E-state index contributed by atoms with van der Waals surface area (Å²) in [7, 11) is 0. The van der Waals surface area contributed by atoms with Crippen molar-refractivity contribution in [1.29, 1.82) is 0 Å². The van der Waals surface area contributed by atoms with Crippen molar-refractivity contribution in [3.63, 3.8) is 0 Å². The van der Waals surface area contributed by atoms with Crippen molar-refractivity contribution in [1.82, 2.24) is 0 Å².